The van der Waals surface area contributed by atoms with Crippen LogP contribution in [-0.4, -0.2) is 36.1 Å². The van der Waals surface area contributed by atoms with Crippen LogP contribution in [0.25, 0.3) is 0 Å². The van der Waals surface area contributed by atoms with E-state index in [4.69, 9.17) is 0 Å². The molecule has 2 N–H and O–H groups in total. The van der Waals surface area contributed by atoms with E-state index in [-0.39, 0.29) is 23.7 Å². The number of carbonyl (C=O) groups is 1. The highest BCUT2D eigenvalue weighted by Crippen LogP contribution is 2.21. The van der Waals surface area contributed by atoms with Gasteiger partial charge in [-0.05, 0) is 36.5 Å². The molecule has 21 heavy (non-hydrogen) atoms. The lowest BCUT2D eigenvalue weighted by atomic mass is 9.98. The average molecular weight is 292 g/mol. The summed E-state index contributed by atoms with van der Waals surface area (Å²) in [7, 11) is 3.58. The summed E-state index contributed by atoms with van der Waals surface area (Å²) >= 11 is 0. The molecule has 2 unspecified atom stereocenters. The Hall–Kier alpha value is -1.55. The number of nitrogens with one attached hydrogen (secondary N) is 1. The van der Waals surface area contributed by atoms with E-state index >= 15 is 0 Å². The van der Waals surface area contributed by atoms with E-state index in [1.54, 1.807) is 31.1 Å². The van der Waals surface area contributed by atoms with Gasteiger partial charge < -0.3 is 10.0 Å². The summed E-state index contributed by atoms with van der Waals surface area (Å²) < 4.78 is 0. The van der Waals surface area contributed by atoms with E-state index < -0.39 is 0 Å². The Labute approximate surface area is 128 Å². The van der Waals surface area contributed by atoms with Crippen molar-refractivity contribution in [2.75, 3.05) is 14.1 Å². The minimum atomic E-state index is -0.182. The molecule has 0 fully saturated rings. The fourth-order valence-electron chi connectivity index (χ4n) is 2.42. The molecule has 0 saturated heterocycles. The standard InChI is InChI=1S/C17H28N2O2/c1-6-15(13-7-9-14(20)10-8-13)18-16(11-12(2)3)17(21)19(4)5/h7-10,12,15-16,18,20H,6,11H2,1-5H3. The Balaban J connectivity index is 2.87. The van der Waals surface area contributed by atoms with Crippen LogP contribution < -0.4 is 5.32 Å². The van der Waals surface area contributed by atoms with Crippen molar-refractivity contribution in [1.29, 1.82) is 0 Å². The average Bonchev–Trinajstić information content (AvgIpc) is 2.43. The number of hydrogen-bond acceptors (Lipinski definition) is 3. The number of hydrogen-bond donors (Lipinski definition) is 2. The molecule has 4 heteroatoms. The van der Waals surface area contributed by atoms with Gasteiger partial charge in [0, 0.05) is 20.1 Å². The van der Waals surface area contributed by atoms with Crippen LogP contribution in [0.2, 0.25) is 0 Å². The summed E-state index contributed by atoms with van der Waals surface area (Å²) in [4.78, 5) is 14.0. The maximum absolute atomic E-state index is 12.3. The van der Waals surface area contributed by atoms with Gasteiger partial charge in [0.2, 0.25) is 5.91 Å². The van der Waals surface area contributed by atoms with Crippen LogP contribution in [0.5, 0.6) is 5.75 Å². The summed E-state index contributed by atoms with van der Waals surface area (Å²) in [5, 5.41) is 12.9. The minimum Gasteiger partial charge on any atom is -0.508 e. The molecule has 0 aliphatic carbocycles. The van der Waals surface area contributed by atoms with E-state index in [9.17, 15) is 9.90 Å². The molecule has 4 nitrogen and oxygen atoms in total. The second-order valence-electron chi connectivity index (χ2n) is 6.13. The van der Waals surface area contributed by atoms with Gasteiger partial charge in [-0.3, -0.25) is 10.1 Å². The van der Waals surface area contributed by atoms with E-state index in [0.717, 1.165) is 18.4 Å². The predicted octanol–water partition coefficient (Wildman–Crippen LogP) is 2.94. The summed E-state index contributed by atoms with van der Waals surface area (Å²) in [6.45, 7) is 6.34. The van der Waals surface area contributed by atoms with Crippen molar-refractivity contribution in [1.82, 2.24) is 10.2 Å². The first-order valence-electron chi connectivity index (χ1n) is 7.61. The van der Waals surface area contributed by atoms with Crippen LogP contribution in [0, 0.1) is 5.92 Å². The molecule has 0 radical (unpaired) electrons. The normalized spacial score (nSPS) is 14.0. The monoisotopic (exact) mass is 292 g/mol. The molecule has 0 bridgehead atoms. The van der Waals surface area contributed by atoms with Gasteiger partial charge in [-0.25, -0.2) is 0 Å². The first kappa shape index (κ1) is 17.5. The molecule has 0 saturated carbocycles. The van der Waals surface area contributed by atoms with Crippen molar-refractivity contribution >= 4 is 5.91 Å². The minimum absolute atomic E-state index is 0.109. The predicted molar refractivity (Wildman–Crippen MR) is 86.2 cm³/mol. The van der Waals surface area contributed by atoms with Crippen LogP contribution >= 0.6 is 0 Å². The van der Waals surface area contributed by atoms with Gasteiger partial charge in [-0.2, -0.15) is 0 Å². The quantitative estimate of drug-likeness (QED) is 0.812. The van der Waals surface area contributed by atoms with Crippen molar-refractivity contribution < 1.29 is 9.90 Å². The molecule has 118 valence electrons. The molecule has 0 spiro atoms. The topological polar surface area (TPSA) is 52.6 Å². The molecule has 0 aliphatic heterocycles. The van der Waals surface area contributed by atoms with E-state index in [1.807, 2.05) is 12.1 Å². The van der Waals surface area contributed by atoms with Crippen LogP contribution in [-0.2, 0) is 4.79 Å². The zero-order valence-corrected chi connectivity index (χ0v) is 13.8. The van der Waals surface area contributed by atoms with Gasteiger partial charge in [0.15, 0.2) is 0 Å². The third kappa shape index (κ3) is 5.38. The van der Waals surface area contributed by atoms with Gasteiger partial charge in [-0.1, -0.05) is 32.9 Å². The van der Waals surface area contributed by atoms with Crippen molar-refractivity contribution in [2.45, 2.75) is 45.7 Å². The van der Waals surface area contributed by atoms with Crippen LogP contribution in [0.15, 0.2) is 24.3 Å². The third-order valence-electron chi connectivity index (χ3n) is 3.55. The smallest absolute Gasteiger partial charge is 0.239 e. The first-order valence-corrected chi connectivity index (χ1v) is 7.61. The Kier molecular flexibility index (Phi) is 6.69. The lowest BCUT2D eigenvalue weighted by Gasteiger charge is -2.28. The number of aromatic hydroxyl groups is 1. The van der Waals surface area contributed by atoms with Crippen LogP contribution in [0.3, 0.4) is 0 Å². The van der Waals surface area contributed by atoms with E-state index in [1.165, 1.54) is 0 Å². The number of phenols is 1. The van der Waals surface area contributed by atoms with Crippen LogP contribution in [0.4, 0.5) is 0 Å². The van der Waals surface area contributed by atoms with Crippen molar-refractivity contribution in [3.05, 3.63) is 29.8 Å². The third-order valence-corrected chi connectivity index (χ3v) is 3.55. The number of carbonyl (C=O) groups excluding carboxylic acids is 1. The van der Waals surface area contributed by atoms with Gasteiger partial charge in [0.05, 0.1) is 6.04 Å². The second kappa shape index (κ2) is 8.03. The number of phenolic OH excluding ortho intramolecular Hbond substituents is 1. The SMILES string of the molecule is CCC(NC(CC(C)C)C(=O)N(C)C)c1ccc(O)cc1. The van der Waals surface area contributed by atoms with Gasteiger partial charge in [0.1, 0.15) is 5.75 Å². The maximum Gasteiger partial charge on any atom is 0.239 e. The number of benzene rings is 1. The van der Waals surface area contributed by atoms with E-state index in [0.29, 0.717) is 5.92 Å². The highest BCUT2D eigenvalue weighted by atomic mass is 16.3. The molecular weight excluding hydrogens is 264 g/mol. The Morgan fingerprint density at radius 2 is 1.81 bits per heavy atom. The molecule has 1 aromatic carbocycles. The molecule has 0 aromatic heterocycles. The van der Waals surface area contributed by atoms with Crippen LogP contribution in [0.1, 0.15) is 45.2 Å². The van der Waals surface area contributed by atoms with E-state index in [2.05, 4.69) is 26.1 Å². The fourth-order valence-corrected chi connectivity index (χ4v) is 2.42. The molecule has 1 rings (SSSR count). The Bertz CT molecular complexity index is 441. The fraction of sp³-hybridized carbons (Fsp3) is 0.588. The Morgan fingerprint density at radius 3 is 2.24 bits per heavy atom. The number of amides is 1. The largest absolute Gasteiger partial charge is 0.508 e. The van der Waals surface area contributed by atoms with Crippen molar-refractivity contribution in [3.8, 4) is 5.75 Å². The number of nitrogens with zero attached hydrogens (tertiary/aromatic N) is 1. The maximum atomic E-state index is 12.3. The molecular formula is C17H28N2O2. The molecule has 1 amide bonds. The number of rotatable bonds is 7. The summed E-state index contributed by atoms with van der Waals surface area (Å²) in [6, 6.07) is 7.11. The summed E-state index contributed by atoms with van der Waals surface area (Å²) in [6.07, 6.45) is 1.70. The number of likely N-dealkylation sites (N-methyl/N-ethyl adjacent to an activating group) is 1. The highest BCUT2D eigenvalue weighted by Gasteiger charge is 2.24. The zero-order chi connectivity index (χ0) is 16.0. The second-order valence-corrected chi connectivity index (χ2v) is 6.13. The molecule has 1 aromatic rings. The molecule has 0 heterocycles. The first-order chi connectivity index (χ1) is 9.85. The van der Waals surface area contributed by atoms with Gasteiger partial charge >= 0.3 is 0 Å². The van der Waals surface area contributed by atoms with Crippen molar-refractivity contribution in [2.24, 2.45) is 5.92 Å². The zero-order valence-electron chi connectivity index (χ0n) is 13.8. The highest BCUT2D eigenvalue weighted by molar-refractivity contribution is 5.81. The summed E-state index contributed by atoms with van der Waals surface area (Å²) in [5.74, 6) is 0.821. The Morgan fingerprint density at radius 1 is 1.24 bits per heavy atom. The lowest BCUT2D eigenvalue weighted by molar-refractivity contribution is -0.131. The van der Waals surface area contributed by atoms with Gasteiger partial charge in [0.25, 0.3) is 0 Å². The molecule has 2 atom stereocenters. The van der Waals surface area contributed by atoms with Gasteiger partial charge in [-0.15, -0.1) is 0 Å². The molecule has 0 aliphatic rings. The van der Waals surface area contributed by atoms with Crippen molar-refractivity contribution in [3.63, 3.8) is 0 Å². The lowest BCUT2D eigenvalue weighted by Crippen LogP contribution is -2.45. The summed E-state index contributed by atoms with van der Waals surface area (Å²) in [5.41, 5.74) is 1.09.